The number of aliphatic hydroxyl groups excluding tert-OH is 3. The Hall–Kier alpha value is -2.46. The van der Waals surface area contributed by atoms with Crippen LogP contribution in [0.4, 0.5) is 0 Å². The summed E-state index contributed by atoms with van der Waals surface area (Å²) in [5.74, 6) is -0.408. The summed E-state index contributed by atoms with van der Waals surface area (Å²) in [4.78, 5) is 12.9. The van der Waals surface area contributed by atoms with E-state index in [1.54, 1.807) is 0 Å². The van der Waals surface area contributed by atoms with Gasteiger partial charge in [0.15, 0.2) is 6.29 Å². The largest absolute Gasteiger partial charge is 0.457 e. The van der Waals surface area contributed by atoms with Gasteiger partial charge in [0.25, 0.3) is 0 Å². The summed E-state index contributed by atoms with van der Waals surface area (Å²) in [6, 6.07) is 0. The Morgan fingerprint density at radius 1 is 0.557 bits per heavy atom. The van der Waals surface area contributed by atoms with Crippen LogP contribution in [0.5, 0.6) is 0 Å². The predicted molar refractivity (Wildman–Crippen MR) is 285 cm³/mol. The van der Waals surface area contributed by atoms with E-state index >= 15 is 0 Å². The van der Waals surface area contributed by atoms with E-state index in [0.717, 1.165) is 77.0 Å². The Morgan fingerprint density at radius 3 is 1.44 bits per heavy atom. The summed E-state index contributed by atoms with van der Waals surface area (Å²) in [7, 11) is -5.07. The molecule has 6 atom stereocenters. The minimum atomic E-state index is -5.07. The second-order valence-electron chi connectivity index (χ2n) is 18.8. The minimum Gasteiger partial charge on any atom is -0.457 e. The van der Waals surface area contributed by atoms with Crippen LogP contribution >= 0.6 is 0 Å². The predicted octanol–water partition coefficient (Wildman–Crippen LogP) is 13.4. The van der Waals surface area contributed by atoms with Gasteiger partial charge < -0.3 is 34.3 Å². The van der Waals surface area contributed by atoms with Gasteiger partial charge in [-0.25, -0.2) is 4.18 Å². The number of allylic oxidation sites excluding steroid dienone is 12. The lowest BCUT2D eigenvalue weighted by Crippen LogP contribution is -2.60. The molecule has 0 radical (unpaired) electrons. The fraction of sp³-hybridized carbons (Fsp3) is 0.772. The van der Waals surface area contributed by atoms with Crippen molar-refractivity contribution in [3.63, 3.8) is 0 Å². The van der Waals surface area contributed by atoms with Gasteiger partial charge in [-0.2, -0.15) is 8.42 Å². The monoisotopic (exact) mass is 1010 g/mol. The van der Waals surface area contributed by atoms with Crippen molar-refractivity contribution < 1.29 is 56.2 Å². The molecule has 0 aromatic carbocycles. The average molecular weight is 1010 g/mol. The van der Waals surface area contributed by atoms with E-state index in [2.05, 4.69) is 90.9 Å². The van der Waals surface area contributed by atoms with Crippen LogP contribution in [0.2, 0.25) is 0 Å². The molecule has 0 aromatic rings. The van der Waals surface area contributed by atoms with E-state index in [0.29, 0.717) is 13.0 Å². The first kappa shape index (κ1) is 65.6. The van der Waals surface area contributed by atoms with Crippen molar-refractivity contribution in [3.05, 3.63) is 72.9 Å². The third-order valence-electron chi connectivity index (χ3n) is 12.3. The first-order valence-corrected chi connectivity index (χ1v) is 29.1. The Labute approximate surface area is 426 Å². The van der Waals surface area contributed by atoms with Crippen molar-refractivity contribution in [3.8, 4) is 0 Å². The van der Waals surface area contributed by atoms with E-state index in [1.807, 2.05) is 0 Å². The van der Waals surface area contributed by atoms with Crippen LogP contribution in [-0.4, -0.2) is 97.5 Å². The lowest BCUT2D eigenvalue weighted by Gasteiger charge is -2.41. The highest BCUT2D eigenvalue weighted by molar-refractivity contribution is 7.80. The second kappa shape index (κ2) is 47.5. The normalized spacial score (nSPS) is 19.7. The zero-order valence-corrected chi connectivity index (χ0v) is 44.6. The zero-order chi connectivity index (χ0) is 51.0. The molecule has 406 valence electrons. The maximum absolute atomic E-state index is 12.9. The molecule has 70 heavy (non-hydrogen) atoms. The number of carbonyl (C=O) groups is 1. The average Bonchev–Trinajstić information content (AvgIpc) is 3.34. The highest BCUT2D eigenvalue weighted by Gasteiger charge is 2.48. The summed E-state index contributed by atoms with van der Waals surface area (Å²) < 4.78 is 59.4. The van der Waals surface area contributed by atoms with Gasteiger partial charge in [0.1, 0.15) is 30.5 Å². The highest BCUT2D eigenvalue weighted by atomic mass is 32.3. The van der Waals surface area contributed by atoms with Gasteiger partial charge in [-0.15, -0.1) is 0 Å². The molecule has 12 nitrogen and oxygen atoms in total. The number of ether oxygens (including phenoxy) is 4. The molecular formula is C57H100O12S. The summed E-state index contributed by atoms with van der Waals surface area (Å²) >= 11 is 0. The van der Waals surface area contributed by atoms with E-state index in [4.69, 9.17) is 18.9 Å². The minimum absolute atomic E-state index is 0.0295. The highest BCUT2D eigenvalue weighted by Crippen LogP contribution is 2.26. The third-order valence-corrected chi connectivity index (χ3v) is 12.8. The van der Waals surface area contributed by atoms with E-state index in [9.17, 15) is 33.1 Å². The summed E-state index contributed by atoms with van der Waals surface area (Å²) in [5.41, 5.74) is 0. The second-order valence-corrected chi connectivity index (χ2v) is 19.8. The molecule has 1 aliphatic heterocycles. The van der Waals surface area contributed by atoms with Crippen LogP contribution in [0, 0.1) is 0 Å². The molecule has 0 saturated carbocycles. The fourth-order valence-electron chi connectivity index (χ4n) is 8.17. The van der Waals surface area contributed by atoms with Crippen molar-refractivity contribution in [2.75, 3.05) is 26.4 Å². The van der Waals surface area contributed by atoms with Gasteiger partial charge in [0.05, 0.1) is 19.8 Å². The smallest absolute Gasteiger partial charge is 0.397 e. The van der Waals surface area contributed by atoms with Gasteiger partial charge in [-0.05, 0) is 83.5 Å². The van der Waals surface area contributed by atoms with Crippen LogP contribution < -0.4 is 0 Å². The molecule has 0 spiro atoms. The van der Waals surface area contributed by atoms with Crippen molar-refractivity contribution >= 4 is 16.4 Å². The van der Waals surface area contributed by atoms with Gasteiger partial charge in [0, 0.05) is 13.0 Å². The maximum atomic E-state index is 12.9. The van der Waals surface area contributed by atoms with Crippen LogP contribution in [0.15, 0.2) is 72.9 Å². The number of hydrogen-bond acceptors (Lipinski definition) is 11. The molecule has 0 amide bonds. The number of esters is 1. The number of unbranched alkanes of at least 4 members (excludes halogenated alkanes) is 23. The standard InChI is InChI=1S/C57H100O12S/c1-3-5-7-9-11-13-15-17-19-21-22-23-24-25-26-27-28-29-31-33-35-37-39-41-43-45-47-65-49-51(50-66-57-55(61)56(69-70(62,63)64)54(60)52(48-58)68-57)67-53(59)46-44-42-40-38-36-34-32-30-20-18-16-14-12-10-8-6-4-2/h5,7,11-14,17-20,22-23,51-52,54-58,60-61H,3-4,6,8-10,15-16,21,24-50H2,1-2H3,(H,62,63,64)/b7-5-,13-11-,14-12-,19-17-,20-18-,23-22-. The Morgan fingerprint density at radius 2 is 0.986 bits per heavy atom. The molecule has 0 aromatic heterocycles. The van der Waals surface area contributed by atoms with E-state index in [1.165, 1.54) is 116 Å². The van der Waals surface area contributed by atoms with Crippen molar-refractivity contribution in [1.29, 1.82) is 0 Å². The number of hydrogen-bond donors (Lipinski definition) is 4. The van der Waals surface area contributed by atoms with Crippen LogP contribution in [-0.2, 0) is 38.3 Å². The van der Waals surface area contributed by atoms with E-state index < -0.39 is 59.8 Å². The number of rotatable bonds is 48. The molecule has 0 bridgehead atoms. The van der Waals surface area contributed by atoms with Crippen LogP contribution in [0.3, 0.4) is 0 Å². The molecule has 0 aliphatic carbocycles. The van der Waals surface area contributed by atoms with Crippen molar-refractivity contribution in [1.82, 2.24) is 0 Å². The molecule has 1 saturated heterocycles. The van der Waals surface area contributed by atoms with Gasteiger partial charge >= 0.3 is 16.4 Å². The Balaban J connectivity index is 2.30. The molecule has 1 aliphatic rings. The van der Waals surface area contributed by atoms with Crippen LogP contribution in [0.1, 0.15) is 219 Å². The molecule has 1 fully saturated rings. The molecule has 4 N–H and O–H groups in total. The van der Waals surface area contributed by atoms with Gasteiger partial charge in [-0.3, -0.25) is 9.35 Å². The van der Waals surface area contributed by atoms with Crippen LogP contribution in [0.25, 0.3) is 0 Å². The maximum Gasteiger partial charge on any atom is 0.397 e. The third kappa shape index (κ3) is 40.1. The summed E-state index contributed by atoms with van der Waals surface area (Å²) in [6.45, 7) is 3.86. The van der Waals surface area contributed by atoms with Gasteiger partial charge in [0.2, 0.25) is 0 Å². The summed E-state index contributed by atoms with van der Waals surface area (Å²) in [6.07, 6.45) is 53.6. The molecule has 13 heteroatoms. The molecule has 1 heterocycles. The Kier molecular flexibility index (Phi) is 44.5. The first-order valence-electron chi connectivity index (χ1n) is 27.7. The number of aliphatic hydroxyl groups is 3. The topological polar surface area (TPSA) is 178 Å². The molecule has 6 unspecified atom stereocenters. The first-order chi connectivity index (χ1) is 34.1. The molecular weight excluding hydrogens is 909 g/mol. The lowest BCUT2D eigenvalue weighted by atomic mass is 9.99. The lowest BCUT2D eigenvalue weighted by molar-refractivity contribution is -0.301. The fourth-order valence-corrected chi connectivity index (χ4v) is 8.67. The quantitative estimate of drug-likeness (QED) is 0.0197. The zero-order valence-electron chi connectivity index (χ0n) is 43.8. The van der Waals surface area contributed by atoms with Crippen molar-refractivity contribution in [2.24, 2.45) is 0 Å². The van der Waals surface area contributed by atoms with Crippen molar-refractivity contribution in [2.45, 2.75) is 256 Å². The Bertz CT molecular complexity index is 1490. The van der Waals surface area contributed by atoms with Gasteiger partial charge in [-0.1, -0.05) is 202 Å². The summed E-state index contributed by atoms with van der Waals surface area (Å²) in [5, 5.41) is 30.8. The number of carbonyl (C=O) groups excluding carboxylic acids is 1. The van der Waals surface area contributed by atoms with E-state index in [-0.39, 0.29) is 19.6 Å². The SMILES string of the molecule is CC/C=C\C/C=C\C/C=C\C/C=C\CCCCCCCCCCCCCCCOCC(COC1OC(CO)C(O)C(OS(=O)(=O)O)C1O)OC(=O)CCCCCCCCC/C=C\C/C=C\CCCCC. The molecule has 1 rings (SSSR count).